The Balaban J connectivity index is 1.29. The molecule has 0 aliphatic carbocycles. The highest BCUT2D eigenvalue weighted by Crippen LogP contribution is 2.36. The second-order valence-electron chi connectivity index (χ2n) is 11.8. The molecule has 3 N–H and O–H groups in total. The molecule has 5 aromatic rings. The van der Waals surface area contributed by atoms with Crippen molar-refractivity contribution in [1.29, 1.82) is 0 Å². The quantitative estimate of drug-likeness (QED) is 0.0753. The molecule has 52 heavy (non-hydrogen) atoms. The van der Waals surface area contributed by atoms with E-state index in [1.807, 2.05) is 67.3 Å². The van der Waals surface area contributed by atoms with Gasteiger partial charge in [-0.15, -0.1) is 0 Å². The first-order valence-corrected chi connectivity index (χ1v) is 17.6. The molecule has 12 nitrogen and oxygen atoms in total. The molecule has 14 heteroatoms. The van der Waals surface area contributed by atoms with Crippen molar-refractivity contribution in [1.82, 2.24) is 20.5 Å². The van der Waals surface area contributed by atoms with E-state index in [2.05, 4.69) is 15.6 Å². The Morgan fingerprint density at radius 1 is 0.885 bits per heavy atom. The van der Waals surface area contributed by atoms with Gasteiger partial charge in [0, 0.05) is 48.8 Å². The van der Waals surface area contributed by atoms with E-state index in [4.69, 9.17) is 42.0 Å². The highest BCUT2D eigenvalue weighted by atomic mass is 35.5. The van der Waals surface area contributed by atoms with Crippen molar-refractivity contribution < 1.29 is 38.6 Å². The molecule has 0 bridgehead atoms. The van der Waals surface area contributed by atoms with Gasteiger partial charge in [0.05, 0.1) is 23.3 Å². The van der Waals surface area contributed by atoms with Crippen LogP contribution in [0, 0.1) is 0 Å². The standard InChI is InChI=1S/C38H40Cl2N4O8/c1-3-44(4-2)36(46)12-7-15-49-28-10-5-8-25(17-28)29-11-6-9-26(37(29)40)23-51-35-19-34(27(18-30(35)39)20-41-33(21-45)38(47)48)50-22-24-13-14-31-32(16-24)43-52-42-31/h5-6,8-11,13-14,16-19,33,41,45H,3-4,7,12,15,20-23H2,1-2H3,(H,47,48)/t33-/m1/s1. The van der Waals surface area contributed by atoms with Gasteiger partial charge in [0.25, 0.3) is 0 Å². The summed E-state index contributed by atoms with van der Waals surface area (Å²) in [6, 6.07) is 20.7. The summed E-state index contributed by atoms with van der Waals surface area (Å²) < 4.78 is 23.1. The number of benzene rings is 4. The van der Waals surface area contributed by atoms with Gasteiger partial charge in [0.1, 0.15) is 47.5 Å². The lowest BCUT2D eigenvalue weighted by molar-refractivity contribution is -0.140. The summed E-state index contributed by atoms with van der Waals surface area (Å²) in [6.45, 7) is 5.42. The summed E-state index contributed by atoms with van der Waals surface area (Å²) in [5, 5.41) is 30.2. The topological polar surface area (TPSA) is 156 Å². The monoisotopic (exact) mass is 750 g/mol. The molecule has 0 aliphatic heterocycles. The third-order valence-corrected chi connectivity index (χ3v) is 9.12. The maximum atomic E-state index is 12.3. The summed E-state index contributed by atoms with van der Waals surface area (Å²) in [7, 11) is 0. The number of hydrogen-bond acceptors (Lipinski definition) is 10. The average molecular weight is 752 g/mol. The van der Waals surface area contributed by atoms with E-state index in [1.165, 1.54) is 0 Å². The predicted octanol–water partition coefficient (Wildman–Crippen LogP) is 6.92. The lowest BCUT2D eigenvalue weighted by Crippen LogP contribution is -2.39. The van der Waals surface area contributed by atoms with Gasteiger partial charge < -0.3 is 29.3 Å². The van der Waals surface area contributed by atoms with Crippen molar-refractivity contribution in [3.05, 3.63) is 99.5 Å². The number of amides is 1. The fourth-order valence-electron chi connectivity index (χ4n) is 5.47. The number of carboxylic acid groups (broad SMARTS) is 1. The average Bonchev–Trinajstić information content (AvgIpc) is 3.62. The maximum Gasteiger partial charge on any atom is 0.323 e. The van der Waals surface area contributed by atoms with Gasteiger partial charge in [-0.05, 0) is 72.0 Å². The summed E-state index contributed by atoms with van der Waals surface area (Å²) in [5.41, 5.74) is 4.90. The van der Waals surface area contributed by atoms with Crippen LogP contribution in [0.25, 0.3) is 22.2 Å². The second-order valence-corrected chi connectivity index (χ2v) is 12.6. The van der Waals surface area contributed by atoms with E-state index in [9.17, 15) is 19.8 Å². The fraction of sp³-hybridized carbons (Fsp3) is 0.316. The third kappa shape index (κ3) is 9.91. The largest absolute Gasteiger partial charge is 0.494 e. The molecular weight excluding hydrogens is 711 g/mol. The van der Waals surface area contributed by atoms with E-state index >= 15 is 0 Å². The van der Waals surface area contributed by atoms with Crippen LogP contribution in [0.3, 0.4) is 0 Å². The number of nitrogens with one attached hydrogen (secondary N) is 1. The molecule has 0 spiro atoms. The van der Waals surface area contributed by atoms with E-state index in [1.54, 1.807) is 24.3 Å². The number of aliphatic hydroxyl groups is 1. The van der Waals surface area contributed by atoms with Crippen LogP contribution in [0.2, 0.25) is 10.0 Å². The fourth-order valence-corrected chi connectivity index (χ4v) is 6.00. The first-order chi connectivity index (χ1) is 25.2. The van der Waals surface area contributed by atoms with Crippen LogP contribution in [0.15, 0.2) is 77.4 Å². The van der Waals surface area contributed by atoms with Crippen LogP contribution in [-0.4, -0.2) is 69.6 Å². The van der Waals surface area contributed by atoms with Gasteiger partial charge in [-0.25, -0.2) is 4.63 Å². The summed E-state index contributed by atoms with van der Waals surface area (Å²) in [4.78, 5) is 25.6. The molecule has 4 aromatic carbocycles. The number of fused-ring (bicyclic) bond motifs is 1. The zero-order valence-electron chi connectivity index (χ0n) is 28.8. The summed E-state index contributed by atoms with van der Waals surface area (Å²) in [5.74, 6) is 0.317. The number of carboxylic acids is 1. The van der Waals surface area contributed by atoms with E-state index in [-0.39, 0.29) is 30.7 Å². The molecule has 1 aromatic heterocycles. The first-order valence-electron chi connectivity index (χ1n) is 16.8. The minimum Gasteiger partial charge on any atom is -0.494 e. The third-order valence-electron chi connectivity index (χ3n) is 8.37. The van der Waals surface area contributed by atoms with Gasteiger partial charge in [0.2, 0.25) is 5.91 Å². The molecular formula is C38H40Cl2N4O8. The van der Waals surface area contributed by atoms with Crippen LogP contribution in [0.4, 0.5) is 0 Å². The van der Waals surface area contributed by atoms with Gasteiger partial charge in [0.15, 0.2) is 0 Å². The molecule has 1 atom stereocenters. The Kier molecular flexibility index (Phi) is 13.7. The smallest absolute Gasteiger partial charge is 0.323 e. The Bertz CT molecular complexity index is 1980. The zero-order chi connectivity index (χ0) is 37.0. The molecule has 5 rings (SSSR count). The summed E-state index contributed by atoms with van der Waals surface area (Å²) >= 11 is 13.6. The zero-order valence-corrected chi connectivity index (χ0v) is 30.3. The minimum absolute atomic E-state index is 0.0458. The molecule has 274 valence electrons. The highest BCUT2D eigenvalue weighted by Gasteiger charge is 2.19. The number of hydrogen-bond donors (Lipinski definition) is 3. The van der Waals surface area contributed by atoms with Crippen molar-refractivity contribution in [2.45, 2.75) is 52.5 Å². The molecule has 0 aliphatic rings. The lowest BCUT2D eigenvalue weighted by atomic mass is 10.0. The van der Waals surface area contributed by atoms with E-state index < -0.39 is 18.6 Å². The predicted molar refractivity (Wildman–Crippen MR) is 197 cm³/mol. The Hall–Kier alpha value is -4.88. The van der Waals surface area contributed by atoms with E-state index in [0.717, 1.165) is 16.7 Å². The molecule has 0 unspecified atom stereocenters. The van der Waals surface area contributed by atoms with Crippen molar-refractivity contribution in [3.8, 4) is 28.4 Å². The van der Waals surface area contributed by atoms with Gasteiger partial charge in [-0.2, -0.15) is 0 Å². The van der Waals surface area contributed by atoms with Crippen LogP contribution in [-0.2, 0) is 29.3 Å². The van der Waals surface area contributed by atoms with Crippen LogP contribution in [0.5, 0.6) is 17.2 Å². The Labute approximate surface area is 311 Å². The van der Waals surface area contributed by atoms with Crippen molar-refractivity contribution in [3.63, 3.8) is 0 Å². The number of ether oxygens (including phenoxy) is 3. The van der Waals surface area contributed by atoms with Gasteiger partial charge in [-0.3, -0.25) is 14.9 Å². The molecule has 0 saturated carbocycles. The number of carbonyl (C=O) groups is 2. The number of rotatable bonds is 19. The van der Waals surface area contributed by atoms with Crippen molar-refractivity contribution in [2.24, 2.45) is 0 Å². The molecule has 0 saturated heterocycles. The highest BCUT2D eigenvalue weighted by molar-refractivity contribution is 6.34. The number of carbonyl (C=O) groups excluding carboxylic acids is 1. The summed E-state index contributed by atoms with van der Waals surface area (Å²) in [6.07, 6.45) is 1.04. The molecule has 1 amide bonds. The van der Waals surface area contributed by atoms with Gasteiger partial charge >= 0.3 is 5.97 Å². The molecule has 1 heterocycles. The van der Waals surface area contributed by atoms with E-state index in [0.29, 0.717) is 77.0 Å². The minimum atomic E-state index is -1.19. The van der Waals surface area contributed by atoms with Crippen LogP contribution in [0.1, 0.15) is 43.4 Å². The van der Waals surface area contributed by atoms with Gasteiger partial charge in [-0.1, -0.05) is 59.6 Å². The molecule has 0 fully saturated rings. The van der Waals surface area contributed by atoms with Crippen molar-refractivity contribution >= 4 is 46.1 Å². The number of aromatic nitrogens is 2. The Morgan fingerprint density at radius 3 is 2.42 bits per heavy atom. The lowest BCUT2D eigenvalue weighted by Gasteiger charge is -2.18. The first kappa shape index (κ1) is 38.4. The van der Waals surface area contributed by atoms with Crippen LogP contribution >= 0.6 is 23.2 Å². The number of aliphatic carboxylic acids is 1. The number of halogens is 2. The van der Waals surface area contributed by atoms with Crippen LogP contribution < -0.4 is 19.5 Å². The van der Waals surface area contributed by atoms with Crippen molar-refractivity contribution in [2.75, 3.05) is 26.3 Å². The number of aliphatic hydroxyl groups excluding tert-OH is 1. The Morgan fingerprint density at radius 2 is 1.65 bits per heavy atom. The second kappa shape index (κ2) is 18.6. The maximum absolute atomic E-state index is 12.3. The molecule has 0 radical (unpaired) electrons. The number of nitrogens with zero attached hydrogens (tertiary/aromatic N) is 3. The SMILES string of the molecule is CCN(CC)C(=O)CCCOc1cccc(-c2cccc(COc3cc(OCc4ccc5nonc5c4)c(CN[C@H](CO)C(=O)O)cc3Cl)c2Cl)c1. The normalized spacial score (nSPS) is 11.7.